The number of benzene rings is 2. The third-order valence-electron chi connectivity index (χ3n) is 4.59. The van der Waals surface area contributed by atoms with Gasteiger partial charge >= 0.3 is 0 Å². The molecular weight excluding hydrogens is 374 g/mol. The number of carbonyl (C=O) groups excluding carboxylic acids is 1. The van der Waals surface area contributed by atoms with Crippen LogP contribution in [0.3, 0.4) is 0 Å². The molecule has 0 fully saturated rings. The zero-order valence-electron chi connectivity index (χ0n) is 15.4. The Balaban J connectivity index is 2.23. The van der Waals surface area contributed by atoms with Crippen LogP contribution in [0.1, 0.15) is 43.6 Å². The van der Waals surface area contributed by atoms with Crippen molar-refractivity contribution in [3.63, 3.8) is 0 Å². The summed E-state index contributed by atoms with van der Waals surface area (Å²) in [6, 6.07) is 11.8. The van der Waals surface area contributed by atoms with Gasteiger partial charge in [-0.1, -0.05) is 68.8 Å². The van der Waals surface area contributed by atoms with Gasteiger partial charge in [0.1, 0.15) is 0 Å². The van der Waals surface area contributed by atoms with Crippen molar-refractivity contribution in [2.75, 3.05) is 0 Å². The SMILES string of the molecule is CC(C)(C)C(F)(F)c1ccc(CC(C(=O)[O-])C(O)c2cccc(Cl)c2)cc1. The molecule has 2 rings (SSSR count). The lowest BCUT2D eigenvalue weighted by atomic mass is 9.83. The van der Waals surface area contributed by atoms with Crippen LogP contribution in [0.2, 0.25) is 5.02 Å². The summed E-state index contributed by atoms with van der Waals surface area (Å²) in [6.07, 6.45) is -1.39. The molecule has 0 amide bonds. The molecule has 0 saturated carbocycles. The highest BCUT2D eigenvalue weighted by Gasteiger charge is 2.44. The Morgan fingerprint density at radius 2 is 1.74 bits per heavy atom. The van der Waals surface area contributed by atoms with Gasteiger partial charge in [0.2, 0.25) is 0 Å². The standard InChI is InChI=1S/C21H23ClF2O3/c1-20(2,3)21(23,24)15-9-7-13(8-10-15)11-17(19(26)27)18(25)14-5-4-6-16(22)12-14/h4-10,12,17-18,25H,11H2,1-3H3,(H,26,27)/p-1. The van der Waals surface area contributed by atoms with E-state index in [0.717, 1.165) is 0 Å². The fourth-order valence-electron chi connectivity index (χ4n) is 2.78. The number of hydrogen-bond acceptors (Lipinski definition) is 3. The number of carboxylic acid groups (broad SMARTS) is 1. The number of carboxylic acids is 1. The molecule has 0 aromatic heterocycles. The first-order valence-electron chi connectivity index (χ1n) is 8.55. The minimum atomic E-state index is -3.03. The summed E-state index contributed by atoms with van der Waals surface area (Å²) in [5.74, 6) is -5.69. The molecule has 0 aliphatic rings. The molecule has 2 aromatic rings. The van der Waals surface area contributed by atoms with E-state index in [2.05, 4.69) is 0 Å². The first kappa shape index (κ1) is 21.3. The zero-order valence-corrected chi connectivity index (χ0v) is 16.1. The average molecular weight is 396 g/mol. The molecule has 27 heavy (non-hydrogen) atoms. The van der Waals surface area contributed by atoms with E-state index in [1.54, 1.807) is 18.2 Å². The van der Waals surface area contributed by atoms with Crippen molar-refractivity contribution in [1.82, 2.24) is 0 Å². The summed E-state index contributed by atoms with van der Waals surface area (Å²) in [5.41, 5.74) is -0.518. The minimum Gasteiger partial charge on any atom is -0.550 e. The van der Waals surface area contributed by atoms with E-state index in [4.69, 9.17) is 11.6 Å². The highest BCUT2D eigenvalue weighted by atomic mass is 35.5. The molecule has 0 aliphatic heterocycles. The number of halogens is 3. The van der Waals surface area contributed by atoms with Crippen molar-refractivity contribution in [3.05, 3.63) is 70.2 Å². The van der Waals surface area contributed by atoms with Gasteiger partial charge in [-0.15, -0.1) is 0 Å². The van der Waals surface area contributed by atoms with Crippen molar-refractivity contribution in [2.24, 2.45) is 11.3 Å². The van der Waals surface area contributed by atoms with E-state index in [-0.39, 0.29) is 12.0 Å². The van der Waals surface area contributed by atoms with Gasteiger partial charge in [-0.3, -0.25) is 0 Å². The topological polar surface area (TPSA) is 60.4 Å². The number of rotatable bonds is 6. The summed E-state index contributed by atoms with van der Waals surface area (Å²) in [6.45, 7) is 4.36. The second-order valence-electron chi connectivity index (χ2n) is 7.65. The monoisotopic (exact) mass is 395 g/mol. The highest BCUT2D eigenvalue weighted by Crippen LogP contribution is 2.44. The predicted octanol–water partition coefficient (Wildman–Crippen LogP) is 4.12. The number of carbonyl (C=O) groups is 1. The molecule has 146 valence electrons. The lowest BCUT2D eigenvalue weighted by Gasteiger charge is -2.31. The maximum atomic E-state index is 14.4. The van der Waals surface area contributed by atoms with Crippen molar-refractivity contribution in [3.8, 4) is 0 Å². The molecule has 1 N–H and O–H groups in total. The van der Waals surface area contributed by atoms with Gasteiger partial charge in [-0.25, -0.2) is 8.78 Å². The molecule has 2 atom stereocenters. The van der Waals surface area contributed by atoms with Crippen LogP contribution in [-0.2, 0) is 17.1 Å². The third kappa shape index (κ3) is 4.85. The third-order valence-corrected chi connectivity index (χ3v) is 4.82. The summed E-state index contributed by atoms with van der Waals surface area (Å²) in [5, 5.41) is 22.3. The quantitative estimate of drug-likeness (QED) is 0.800. The molecule has 2 aromatic carbocycles. The van der Waals surface area contributed by atoms with Crippen molar-refractivity contribution >= 4 is 17.6 Å². The van der Waals surface area contributed by atoms with Gasteiger partial charge in [0.05, 0.1) is 6.10 Å². The Morgan fingerprint density at radius 1 is 1.15 bits per heavy atom. The van der Waals surface area contributed by atoms with Crippen LogP contribution in [-0.4, -0.2) is 11.1 Å². The fraction of sp³-hybridized carbons (Fsp3) is 0.381. The van der Waals surface area contributed by atoms with E-state index >= 15 is 0 Å². The Bertz CT molecular complexity index is 798. The zero-order chi connectivity index (χ0) is 20.4. The molecule has 2 unspecified atom stereocenters. The maximum absolute atomic E-state index is 14.4. The van der Waals surface area contributed by atoms with Crippen molar-refractivity contribution in [1.29, 1.82) is 0 Å². The lowest BCUT2D eigenvalue weighted by molar-refractivity contribution is -0.314. The van der Waals surface area contributed by atoms with E-state index in [1.165, 1.54) is 51.1 Å². The Morgan fingerprint density at radius 3 is 2.22 bits per heavy atom. The number of hydrogen-bond donors (Lipinski definition) is 1. The maximum Gasteiger partial charge on any atom is 0.277 e. The molecule has 0 saturated heterocycles. The molecule has 0 spiro atoms. The van der Waals surface area contributed by atoms with Gasteiger partial charge in [0.15, 0.2) is 0 Å². The van der Waals surface area contributed by atoms with Crippen LogP contribution >= 0.6 is 11.6 Å². The molecular formula is C21H22ClF2O3-. The molecule has 0 heterocycles. The number of aliphatic hydroxyl groups excluding tert-OH is 1. The van der Waals surface area contributed by atoms with Gasteiger partial charge in [0.25, 0.3) is 5.92 Å². The van der Waals surface area contributed by atoms with Gasteiger partial charge in [-0.05, 0) is 29.7 Å². The van der Waals surface area contributed by atoms with E-state index < -0.39 is 29.3 Å². The first-order chi connectivity index (χ1) is 12.4. The van der Waals surface area contributed by atoms with Crippen molar-refractivity contribution < 1.29 is 23.8 Å². The number of aliphatic carboxylic acids is 1. The molecule has 0 aliphatic carbocycles. The van der Waals surface area contributed by atoms with Crippen LogP contribution in [0.15, 0.2) is 48.5 Å². The van der Waals surface area contributed by atoms with Crippen LogP contribution < -0.4 is 5.11 Å². The van der Waals surface area contributed by atoms with Crippen LogP contribution in [0.4, 0.5) is 8.78 Å². The smallest absolute Gasteiger partial charge is 0.277 e. The summed E-state index contributed by atoms with van der Waals surface area (Å²) in [4.78, 5) is 11.5. The lowest BCUT2D eigenvalue weighted by Crippen LogP contribution is -2.36. The van der Waals surface area contributed by atoms with Gasteiger partial charge in [-0.2, -0.15) is 0 Å². The second-order valence-corrected chi connectivity index (χ2v) is 8.09. The van der Waals surface area contributed by atoms with Crippen LogP contribution in [0.25, 0.3) is 0 Å². The van der Waals surface area contributed by atoms with Crippen molar-refractivity contribution in [2.45, 2.75) is 39.2 Å². The Hall–Kier alpha value is -1.98. The molecule has 6 heteroatoms. The fourth-order valence-corrected chi connectivity index (χ4v) is 2.98. The van der Waals surface area contributed by atoms with Gasteiger partial charge < -0.3 is 15.0 Å². The number of alkyl halides is 2. The first-order valence-corrected chi connectivity index (χ1v) is 8.93. The minimum absolute atomic E-state index is 0.0582. The summed E-state index contributed by atoms with van der Waals surface area (Å²) >= 11 is 5.89. The van der Waals surface area contributed by atoms with E-state index in [0.29, 0.717) is 16.1 Å². The summed E-state index contributed by atoms with van der Waals surface area (Å²) < 4.78 is 28.8. The molecule has 0 radical (unpaired) electrons. The Labute approximate surface area is 162 Å². The van der Waals surface area contributed by atoms with Crippen LogP contribution in [0, 0.1) is 11.3 Å². The second kappa shape index (κ2) is 7.95. The predicted molar refractivity (Wildman–Crippen MR) is 98.4 cm³/mol. The summed E-state index contributed by atoms with van der Waals surface area (Å²) in [7, 11) is 0. The number of aliphatic hydroxyl groups is 1. The normalized spacial score (nSPS) is 14.6. The van der Waals surface area contributed by atoms with Gasteiger partial charge in [0, 0.05) is 27.9 Å². The largest absolute Gasteiger partial charge is 0.550 e. The Kier molecular flexibility index (Phi) is 6.28. The molecule has 0 bridgehead atoms. The highest BCUT2D eigenvalue weighted by molar-refractivity contribution is 6.30. The van der Waals surface area contributed by atoms with Crippen LogP contribution in [0.5, 0.6) is 0 Å². The van der Waals surface area contributed by atoms with E-state index in [9.17, 15) is 23.8 Å². The average Bonchev–Trinajstić information content (AvgIpc) is 2.58. The van der Waals surface area contributed by atoms with E-state index in [1.807, 2.05) is 0 Å². The molecule has 3 nitrogen and oxygen atoms in total.